The number of ether oxygens (including phenoxy) is 1. The highest BCUT2D eigenvalue weighted by Gasteiger charge is 2.27. The Morgan fingerprint density at radius 1 is 0.968 bits per heavy atom. The molecule has 5 nitrogen and oxygen atoms in total. The maximum Gasteiger partial charge on any atom is 0.316 e. The number of hydrogen-bond acceptors (Lipinski definition) is 7. The zero-order valence-corrected chi connectivity index (χ0v) is 20.9. The van der Waals surface area contributed by atoms with Gasteiger partial charge in [-0.05, 0) is 30.9 Å². The number of alkyl halides is 1. The Bertz CT molecular complexity index is 895. The lowest BCUT2D eigenvalue weighted by Gasteiger charge is -2.10. The van der Waals surface area contributed by atoms with Crippen molar-refractivity contribution < 1.29 is 23.9 Å². The minimum absolute atomic E-state index is 0.112. The predicted octanol–water partition coefficient (Wildman–Crippen LogP) is 5.05. The molecule has 31 heavy (non-hydrogen) atoms. The van der Waals surface area contributed by atoms with Crippen molar-refractivity contribution in [3.8, 4) is 0 Å². The fourth-order valence-electron chi connectivity index (χ4n) is 2.49. The predicted molar refractivity (Wildman–Crippen MR) is 131 cm³/mol. The van der Waals surface area contributed by atoms with Gasteiger partial charge in [0.2, 0.25) is 0 Å². The third-order valence-electron chi connectivity index (χ3n) is 4.36. The number of benzene rings is 2. The minimum Gasteiger partial charge on any atom is -0.468 e. The van der Waals surface area contributed by atoms with E-state index in [-0.39, 0.29) is 23.8 Å². The molecule has 0 aliphatic rings. The molecule has 0 aromatic heterocycles. The van der Waals surface area contributed by atoms with Crippen LogP contribution in [0.2, 0.25) is 0 Å². The number of ketones is 3. The highest BCUT2D eigenvalue weighted by Crippen LogP contribution is 2.18. The Balaban J connectivity index is 0.000000343. The quantitative estimate of drug-likeness (QED) is 0.123. The molecule has 0 N–H and O–H groups in total. The molecule has 166 valence electrons. The van der Waals surface area contributed by atoms with Crippen molar-refractivity contribution in [2.24, 2.45) is 5.92 Å². The highest BCUT2D eigenvalue weighted by molar-refractivity contribution is 9.09. The number of thiol groups is 1. The van der Waals surface area contributed by atoms with Gasteiger partial charge < -0.3 is 4.74 Å². The van der Waals surface area contributed by atoms with Crippen molar-refractivity contribution in [1.29, 1.82) is 0 Å². The molecule has 1 atom stereocenters. The number of hydrogen-bond donors (Lipinski definition) is 1. The van der Waals surface area contributed by atoms with Gasteiger partial charge in [0, 0.05) is 28.2 Å². The molecule has 0 radical (unpaired) electrons. The lowest BCUT2D eigenvalue weighted by Crippen LogP contribution is -2.26. The van der Waals surface area contributed by atoms with E-state index in [2.05, 4.69) is 33.3 Å². The molecule has 0 aliphatic heterocycles. The summed E-state index contributed by atoms with van der Waals surface area (Å²) in [7, 11) is 1.20. The Morgan fingerprint density at radius 3 is 1.90 bits per heavy atom. The van der Waals surface area contributed by atoms with E-state index in [9.17, 15) is 19.2 Å². The third-order valence-corrected chi connectivity index (χ3v) is 5.98. The molecule has 2 rings (SSSR count). The summed E-state index contributed by atoms with van der Waals surface area (Å²) in [6.45, 7) is 1.28. The second-order valence-corrected chi connectivity index (χ2v) is 8.21. The molecule has 1 unspecified atom stereocenters. The van der Waals surface area contributed by atoms with Gasteiger partial charge in [0.05, 0.1) is 12.4 Å². The van der Waals surface area contributed by atoms with Crippen LogP contribution in [0.25, 0.3) is 0 Å². The van der Waals surface area contributed by atoms with Crippen LogP contribution in [0.15, 0.2) is 53.4 Å². The molecule has 0 bridgehead atoms. The van der Waals surface area contributed by atoms with Gasteiger partial charge in [0.15, 0.2) is 11.6 Å². The van der Waals surface area contributed by atoms with Gasteiger partial charge in [-0.3, -0.25) is 19.2 Å². The van der Waals surface area contributed by atoms with Crippen molar-refractivity contribution >= 4 is 63.6 Å². The van der Waals surface area contributed by atoms with Gasteiger partial charge in [-0.25, -0.2) is 0 Å². The van der Waals surface area contributed by atoms with E-state index in [0.29, 0.717) is 16.6 Å². The molecule has 0 aliphatic carbocycles. The number of methoxy groups -OCH3 is 1. The molecular formula is C23H25BrO5S2. The second-order valence-electron chi connectivity index (χ2n) is 6.45. The summed E-state index contributed by atoms with van der Waals surface area (Å²) in [5.74, 6) is -1.46. The topological polar surface area (TPSA) is 77.5 Å². The van der Waals surface area contributed by atoms with E-state index < -0.39 is 11.9 Å². The summed E-state index contributed by atoms with van der Waals surface area (Å²) >= 11 is 8.82. The Hall–Kier alpha value is -1.90. The Morgan fingerprint density at radius 2 is 1.48 bits per heavy atom. The maximum atomic E-state index is 12.0. The number of esters is 1. The van der Waals surface area contributed by atoms with Crippen LogP contribution in [-0.4, -0.2) is 42.0 Å². The fraction of sp³-hybridized carbons (Fsp3) is 0.304. The number of Topliss-reactive ketones (excluding diaryl/α,β-unsaturated/α-hetero) is 3. The molecular weight excluding hydrogens is 500 g/mol. The molecule has 0 saturated carbocycles. The van der Waals surface area contributed by atoms with Gasteiger partial charge in [-0.2, -0.15) is 12.6 Å². The van der Waals surface area contributed by atoms with Crippen LogP contribution in [0.3, 0.4) is 0 Å². The zero-order valence-electron chi connectivity index (χ0n) is 17.6. The van der Waals surface area contributed by atoms with Gasteiger partial charge >= 0.3 is 5.97 Å². The first-order valence-electron chi connectivity index (χ1n) is 9.31. The van der Waals surface area contributed by atoms with Crippen molar-refractivity contribution in [1.82, 2.24) is 0 Å². The lowest BCUT2D eigenvalue weighted by molar-refractivity contribution is -0.148. The first kappa shape index (κ1) is 27.1. The third kappa shape index (κ3) is 9.01. The van der Waals surface area contributed by atoms with Crippen LogP contribution in [0.4, 0.5) is 0 Å². The largest absolute Gasteiger partial charge is 0.468 e. The average molecular weight is 525 g/mol. The number of carbonyl (C=O) groups is 4. The first-order chi connectivity index (χ1) is 14.8. The van der Waals surface area contributed by atoms with Crippen LogP contribution in [0, 0.1) is 5.92 Å². The van der Waals surface area contributed by atoms with E-state index in [0.717, 1.165) is 16.0 Å². The normalized spacial score (nSPS) is 11.0. The van der Waals surface area contributed by atoms with Crippen molar-refractivity contribution in [3.05, 3.63) is 65.2 Å². The van der Waals surface area contributed by atoms with Crippen LogP contribution in [0.1, 0.15) is 39.6 Å². The molecule has 0 saturated heterocycles. The molecule has 0 heterocycles. The smallest absolute Gasteiger partial charge is 0.316 e. The van der Waals surface area contributed by atoms with Crippen LogP contribution < -0.4 is 0 Å². The summed E-state index contributed by atoms with van der Waals surface area (Å²) in [6.07, 6.45) is 1.79. The SMILES string of the molecule is COC(=O)C(CC(=O)c1ccc(SC)cc1)C(C)=O.O=C(CBr)c1ccc(CS)cc1. The van der Waals surface area contributed by atoms with Crippen molar-refractivity contribution in [2.45, 2.75) is 24.0 Å². The first-order valence-corrected chi connectivity index (χ1v) is 12.3. The maximum absolute atomic E-state index is 12.0. The van der Waals surface area contributed by atoms with Crippen LogP contribution >= 0.6 is 40.3 Å². The average Bonchev–Trinajstić information content (AvgIpc) is 2.81. The van der Waals surface area contributed by atoms with E-state index in [4.69, 9.17) is 0 Å². The van der Waals surface area contributed by atoms with E-state index >= 15 is 0 Å². The van der Waals surface area contributed by atoms with Crippen LogP contribution in [-0.2, 0) is 20.1 Å². The molecule has 0 spiro atoms. The van der Waals surface area contributed by atoms with Crippen LogP contribution in [0.5, 0.6) is 0 Å². The number of rotatable bonds is 9. The monoisotopic (exact) mass is 524 g/mol. The van der Waals surface area contributed by atoms with Gasteiger partial charge in [0.25, 0.3) is 0 Å². The van der Waals surface area contributed by atoms with Gasteiger partial charge in [-0.15, -0.1) is 11.8 Å². The summed E-state index contributed by atoms with van der Waals surface area (Å²) in [5.41, 5.74) is 2.37. The molecule has 8 heteroatoms. The van der Waals surface area contributed by atoms with E-state index in [1.54, 1.807) is 23.9 Å². The van der Waals surface area contributed by atoms with E-state index in [1.165, 1.54) is 14.0 Å². The summed E-state index contributed by atoms with van der Waals surface area (Å²) < 4.78 is 4.53. The van der Waals surface area contributed by atoms with Gasteiger partial charge in [-0.1, -0.05) is 52.3 Å². The standard InChI is InChI=1S/C14H16O4S.C9H9BrOS/c1-9(15)12(14(17)18-2)8-13(16)10-4-6-11(19-3)7-5-10;10-5-9(11)8-3-1-7(6-12)2-4-8/h4-7,12H,8H2,1-3H3;1-4,12H,5-6H2. The second kappa shape index (κ2) is 14.2. The summed E-state index contributed by atoms with van der Waals surface area (Å²) in [4.78, 5) is 47.0. The lowest BCUT2D eigenvalue weighted by atomic mass is 9.95. The fourth-order valence-corrected chi connectivity index (χ4v) is 3.43. The van der Waals surface area contributed by atoms with E-state index in [1.807, 2.05) is 42.7 Å². The Labute approximate surface area is 200 Å². The molecule has 0 fully saturated rings. The van der Waals surface area contributed by atoms with Gasteiger partial charge in [0.1, 0.15) is 11.7 Å². The van der Waals surface area contributed by atoms with Crippen molar-refractivity contribution in [3.63, 3.8) is 0 Å². The minimum atomic E-state index is -1.02. The summed E-state index contributed by atoms with van der Waals surface area (Å²) in [5, 5.41) is 0.382. The Kier molecular flexibility index (Phi) is 12.4. The number of carbonyl (C=O) groups excluding carboxylic acids is 4. The number of thioether (sulfide) groups is 1. The highest BCUT2D eigenvalue weighted by atomic mass is 79.9. The number of halogens is 1. The molecule has 0 amide bonds. The zero-order chi connectivity index (χ0) is 23.4. The molecule has 2 aromatic carbocycles. The molecule has 2 aromatic rings. The summed E-state index contributed by atoms with van der Waals surface area (Å²) in [6, 6.07) is 14.6. The van der Waals surface area contributed by atoms with Crippen molar-refractivity contribution in [2.75, 3.05) is 18.7 Å².